The molecule has 0 fully saturated rings. The predicted molar refractivity (Wildman–Crippen MR) is 86.0 cm³/mol. The first-order chi connectivity index (χ1) is 11.1. The number of hydrogen-bond acceptors (Lipinski definition) is 3. The summed E-state index contributed by atoms with van der Waals surface area (Å²) in [5, 5.41) is 9.55. The lowest BCUT2D eigenvalue weighted by molar-refractivity contribution is 0.0687. The fourth-order valence-electron chi connectivity index (χ4n) is 1.22. The third-order valence-electron chi connectivity index (χ3n) is 2.14. The van der Waals surface area contributed by atoms with Gasteiger partial charge in [0.25, 0.3) is 0 Å². The fraction of sp³-hybridized carbons (Fsp3) is 0.0500. The van der Waals surface area contributed by atoms with Crippen molar-refractivity contribution in [2.24, 2.45) is 0 Å². The van der Waals surface area contributed by atoms with Crippen LogP contribution in [0.15, 0.2) is 18.2 Å². The molecule has 3 heteroatoms. The largest absolute Gasteiger partial charge is 0.507 e. The predicted octanol–water partition coefficient (Wildman–Crippen LogP) is 1.47. The molecule has 106 valence electrons. The molecule has 0 saturated heterocycles. The van der Waals surface area contributed by atoms with Gasteiger partial charge in [0.2, 0.25) is 0 Å². The third-order valence-corrected chi connectivity index (χ3v) is 2.14. The first kappa shape index (κ1) is 16.9. The van der Waals surface area contributed by atoms with Crippen LogP contribution in [0.3, 0.4) is 0 Å². The number of esters is 1. The second-order valence-corrected chi connectivity index (χ2v) is 3.78. The molecule has 3 nitrogen and oxygen atoms in total. The molecule has 0 aliphatic rings. The second kappa shape index (κ2) is 9.71. The van der Waals surface area contributed by atoms with Crippen molar-refractivity contribution in [2.45, 2.75) is 6.92 Å². The maximum atomic E-state index is 11.7. The molecule has 0 spiro atoms. The van der Waals surface area contributed by atoms with Gasteiger partial charge >= 0.3 is 5.97 Å². The van der Waals surface area contributed by atoms with E-state index in [9.17, 15) is 9.90 Å². The summed E-state index contributed by atoms with van der Waals surface area (Å²) in [5.41, 5.74) is 0.848. The Morgan fingerprint density at radius 2 is 1.57 bits per heavy atom. The van der Waals surface area contributed by atoms with Crippen molar-refractivity contribution in [2.75, 3.05) is 0 Å². The van der Waals surface area contributed by atoms with Crippen molar-refractivity contribution in [3.8, 4) is 77.5 Å². The number of aromatic hydroxyl groups is 1. The lowest BCUT2D eigenvalue weighted by atomic mass is 10.1. The van der Waals surface area contributed by atoms with Gasteiger partial charge in [-0.3, -0.25) is 0 Å². The van der Waals surface area contributed by atoms with Crippen LogP contribution in [-0.4, -0.2) is 11.1 Å². The minimum atomic E-state index is -0.760. The van der Waals surface area contributed by atoms with Gasteiger partial charge in [0.1, 0.15) is 17.4 Å². The fourth-order valence-corrected chi connectivity index (χ4v) is 1.22. The highest BCUT2D eigenvalue weighted by molar-refractivity contribution is 5.93. The number of phenolic OH excluding ortho intramolecular Hbond substituents is 1. The Morgan fingerprint density at radius 1 is 1.00 bits per heavy atom. The van der Waals surface area contributed by atoms with Crippen LogP contribution in [0.5, 0.6) is 5.75 Å². The zero-order valence-electron chi connectivity index (χ0n) is 12.1. The molecule has 0 bridgehead atoms. The summed E-state index contributed by atoms with van der Waals surface area (Å²) < 4.78 is 4.66. The first-order valence-electron chi connectivity index (χ1n) is 6.11. The maximum absolute atomic E-state index is 11.7. The number of carbonyl (C=O) groups is 1. The topological polar surface area (TPSA) is 46.5 Å². The summed E-state index contributed by atoms with van der Waals surface area (Å²) >= 11 is 0. The van der Waals surface area contributed by atoms with Crippen molar-refractivity contribution < 1.29 is 14.6 Å². The quantitative estimate of drug-likeness (QED) is 0.630. The maximum Gasteiger partial charge on any atom is 0.355 e. The summed E-state index contributed by atoms with van der Waals surface area (Å²) in [5.74, 6) is 22.6. The molecule has 0 aromatic heterocycles. The number of hydrogen-bond donors (Lipinski definition) is 1. The van der Waals surface area contributed by atoms with Crippen molar-refractivity contribution >= 4 is 5.97 Å². The molecule has 0 aliphatic carbocycles. The Hall–Kier alpha value is -4.15. The molecule has 1 rings (SSSR count). The van der Waals surface area contributed by atoms with Crippen LogP contribution >= 0.6 is 0 Å². The van der Waals surface area contributed by atoms with Crippen LogP contribution in [0.4, 0.5) is 0 Å². The minimum absolute atomic E-state index is 0.0374. The lowest BCUT2D eigenvalue weighted by Gasteiger charge is -2.01. The summed E-state index contributed by atoms with van der Waals surface area (Å²) in [6, 6.07) is 4.57. The minimum Gasteiger partial charge on any atom is -0.507 e. The number of rotatable bonds is 1. The number of ether oxygens (including phenoxy) is 1. The van der Waals surface area contributed by atoms with E-state index < -0.39 is 5.97 Å². The normalized spacial score (nSPS) is 6.78. The molecule has 1 N–H and O–H groups in total. The number of phenols is 1. The molecule has 23 heavy (non-hydrogen) atoms. The molecule has 0 radical (unpaired) electrons. The highest BCUT2D eigenvalue weighted by atomic mass is 16.5. The van der Waals surface area contributed by atoms with Crippen molar-refractivity contribution in [1.82, 2.24) is 0 Å². The molecule has 0 aliphatic heterocycles. The van der Waals surface area contributed by atoms with Gasteiger partial charge in [0.05, 0.1) is 0 Å². The van der Waals surface area contributed by atoms with E-state index in [1.165, 1.54) is 12.1 Å². The molecule has 0 atom stereocenters. The molecular weight excluding hydrogens is 288 g/mol. The van der Waals surface area contributed by atoms with Crippen molar-refractivity contribution in [3.63, 3.8) is 0 Å². The van der Waals surface area contributed by atoms with Gasteiger partial charge in [-0.05, 0) is 48.7 Å². The van der Waals surface area contributed by atoms with Crippen LogP contribution in [-0.2, 0) is 4.74 Å². The number of aryl methyl sites for hydroxylation is 1. The van der Waals surface area contributed by atoms with Crippen LogP contribution < -0.4 is 0 Å². The van der Waals surface area contributed by atoms with E-state index in [2.05, 4.69) is 70.0 Å². The average Bonchev–Trinajstić information content (AvgIpc) is 2.54. The summed E-state index contributed by atoms with van der Waals surface area (Å²) in [6.07, 6.45) is 7.01. The van der Waals surface area contributed by atoms with E-state index in [0.29, 0.717) is 0 Å². The van der Waals surface area contributed by atoms with Gasteiger partial charge in [-0.1, -0.05) is 11.6 Å². The van der Waals surface area contributed by atoms with Crippen LogP contribution in [0, 0.1) is 78.7 Å². The van der Waals surface area contributed by atoms with Gasteiger partial charge in [0.15, 0.2) is 0 Å². The standard InChI is InChI=1S/C20H8O3/c1-3-4-5-6-7-8-9-10-11-12-15-23-20(22)18-16-17(2)13-14-19(18)21/h1,13-14,16,21H,2H3. The van der Waals surface area contributed by atoms with Crippen LogP contribution in [0.25, 0.3) is 0 Å². The van der Waals surface area contributed by atoms with Crippen LogP contribution in [0.1, 0.15) is 15.9 Å². The molecule has 1 aromatic rings. The van der Waals surface area contributed by atoms with Gasteiger partial charge in [0, 0.05) is 29.6 Å². The monoisotopic (exact) mass is 296 g/mol. The van der Waals surface area contributed by atoms with E-state index in [0.717, 1.165) is 5.56 Å². The van der Waals surface area contributed by atoms with Crippen molar-refractivity contribution in [3.05, 3.63) is 29.3 Å². The first-order valence-corrected chi connectivity index (χ1v) is 6.11. The number of terminal acetylenes is 1. The molecule has 0 saturated carbocycles. The van der Waals surface area contributed by atoms with E-state index in [1.807, 2.05) is 0 Å². The Bertz CT molecular complexity index is 964. The highest BCUT2D eigenvalue weighted by Gasteiger charge is 2.11. The molecule has 0 amide bonds. The molecule has 0 heterocycles. The molecule has 1 aromatic carbocycles. The number of benzene rings is 1. The summed E-state index contributed by atoms with van der Waals surface area (Å²) in [4.78, 5) is 11.7. The second-order valence-electron chi connectivity index (χ2n) is 3.78. The molecular formula is C20H8O3. The van der Waals surface area contributed by atoms with Gasteiger partial charge in [-0.2, -0.15) is 0 Å². The van der Waals surface area contributed by atoms with Gasteiger partial charge in [-0.15, -0.1) is 6.42 Å². The zero-order valence-corrected chi connectivity index (χ0v) is 12.1. The Labute approximate surface area is 135 Å². The Kier molecular flexibility index (Phi) is 7.13. The summed E-state index contributed by atoms with van der Waals surface area (Å²) in [7, 11) is 0. The Balaban J connectivity index is 2.60. The van der Waals surface area contributed by atoms with E-state index in [-0.39, 0.29) is 11.3 Å². The van der Waals surface area contributed by atoms with E-state index >= 15 is 0 Å². The van der Waals surface area contributed by atoms with Crippen molar-refractivity contribution in [1.29, 1.82) is 0 Å². The highest BCUT2D eigenvalue weighted by Crippen LogP contribution is 2.18. The van der Waals surface area contributed by atoms with Gasteiger partial charge < -0.3 is 9.84 Å². The van der Waals surface area contributed by atoms with Gasteiger partial charge in [-0.25, -0.2) is 4.79 Å². The smallest absolute Gasteiger partial charge is 0.355 e. The summed E-state index contributed by atoms with van der Waals surface area (Å²) in [6.45, 7) is 1.78. The molecule has 0 unspecified atom stereocenters. The third kappa shape index (κ3) is 6.71. The average molecular weight is 296 g/mol. The lowest BCUT2D eigenvalue weighted by Crippen LogP contribution is -2.01. The van der Waals surface area contributed by atoms with E-state index in [4.69, 9.17) is 6.42 Å². The van der Waals surface area contributed by atoms with E-state index in [1.54, 1.807) is 13.0 Å². The zero-order chi connectivity index (χ0) is 16.9. The Morgan fingerprint density at radius 3 is 2.17 bits per heavy atom. The SMILES string of the molecule is C#CC#CC#CC#CC#CC#COC(=O)c1cc(C)ccc1O. The van der Waals surface area contributed by atoms with Crippen LogP contribution in [0.2, 0.25) is 0 Å². The number of carbonyl (C=O) groups excluding carboxylic acids is 1.